The van der Waals surface area contributed by atoms with Crippen LogP contribution >= 0.6 is 0 Å². The van der Waals surface area contributed by atoms with Gasteiger partial charge in [-0.05, 0) is 70.6 Å². The van der Waals surface area contributed by atoms with Crippen molar-refractivity contribution in [1.82, 2.24) is 0 Å². The summed E-state index contributed by atoms with van der Waals surface area (Å²) >= 11 is 0. The summed E-state index contributed by atoms with van der Waals surface area (Å²) < 4.78 is 16.7. The Labute approximate surface area is 395 Å². The molecule has 64 heavy (non-hydrogen) atoms. The highest BCUT2D eigenvalue weighted by molar-refractivity contribution is 5.72. The van der Waals surface area contributed by atoms with E-state index in [-0.39, 0.29) is 31.6 Å². The summed E-state index contributed by atoms with van der Waals surface area (Å²) in [7, 11) is 0. The highest BCUT2D eigenvalue weighted by Gasteiger charge is 2.19. The third kappa shape index (κ3) is 49.6. The lowest BCUT2D eigenvalue weighted by atomic mass is 10.0. The number of hydrogen-bond donors (Lipinski definition) is 0. The predicted octanol–water partition coefficient (Wildman–Crippen LogP) is 17.6. The van der Waals surface area contributed by atoms with Gasteiger partial charge in [-0.2, -0.15) is 0 Å². The molecule has 6 nitrogen and oxygen atoms in total. The summed E-state index contributed by atoms with van der Waals surface area (Å²) in [5, 5.41) is 0. The first-order valence-electron chi connectivity index (χ1n) is 26.6. The third-order valence-electron chi connectivity index (χ3n) is 11.2. The SMILES string of the molecule is CC/C=C\C/C=C\C/C=C\C/C=C\CCCCCCCCC(=O)OCC(COC(=O)C/C=C\C/C=C\C/C=C\CC)OC(=O)CCCCCCCCCCCCCCCCCCCC. The van der Waals surface area contributed by atoms with Crippen molar-refractivity contribution in [3.05, 3.63) is 85.1 Å². The minimum absolute atomic E-state index is 0.110. The van der Waals surface area contributed by atoms with Crippen molar-refractivity contribution < 1.29 is 28.6 Å². The monoisotopic (exact) mass is 891 g/mol. The molecule has 0 N–H and O–H groups in total. The van der Waals surface area contributed by atoms with E-state index in [9.17, 15) is 14.4 Å². The first-order chi connectivity index (χ1) is 31.5. The molecule has 6 heteroatoms. The second-order valence-electron chi connectivity index (χ2n) is 17.4. The first-order valence-corrected chi connectivity index (χ1v) is 26.6. The first kappa shape index (κ1) is 60.6. The van der Waals surface area contributed by atoms with Crippen molar-refractivity contribution in [2.45, 2.75) is 252 Å². The van der Waals surface area contributed by atoms with Gasteiger partial charge in [-0.1, -0.05) is 241 Å². The Hall–Kier alpha value is -3.41. The van der Waals surface area contributed by atoms with Gasteiger partial charge in [0.15, 0.2) is 6.10 Å². The Balaban J connectivity index is 4.35. The Morgan fingerprint density at radius 3 is 1.09 bits per heavy atom. The molecular weight excluding hydrogens is 793 g/mol. The number of carbonyl (C=O) groups is 3. The Morgan fingerprint density at radius 1 is 0.344 bits per heavy atom. The van der Waals surface area contributed by atoms with Gasteiger partial charge >= 0.3 is 17.9 Å². The highest BCUT2D eigenvalue weighted by atomic mass is 16.6. The fraction of sp³-hybridized carbons (Fsp3) is 0.707. The van der Waals surface area contributed by atoms with Crippen molar-refractivity contribution in [1.29, 1.82) is 0 Å². The fourth-order valence-electron chi connectivity index (χ4n) is 7.26. The number of unbranched alkanes of at least 4 members (excludes halogenated alkanes) is 23. The molecule has 0 rings (SSSR count). The van der Waals surface area contributed by atoms with Crippen LogP contribution in [0, 0.1) is 0 Å². The molecule has 1 atom stereocenters. The Morgan fingerprint density at radius 2 is 0.672 bits per heavy atom. The zero-order chi connectivity index (χ0) is 46.5. The molecule has 0 bridgehead atoms. The van der Waals surface area contributed by atoms with Crippen molar-refractivity contribution in [3.8, 4) is 0 Å². The summed E-state index contributed by atoms with van der Waals surface area (Å²) in [5.74, 6) is -1.05. The fourth-order valence-corrected chi connectivity index (χ4v) is 7.26. The minimum atomic E-state index is -0.816. The van der Waals surface area contributed by atoms with Crippen LogP contribution in [0.1, 0.15) is 245 Å². The normalized spacial score (nSPS) is 12.7. The van der Waals surface area contributed by atoms with Gasteiger partial charge in [0, 0.05) is 12.8 Å². The van der Waals surface area contributed by atoms with E-state index in [1.54, 1.807) is 6.08 Å². The average Bonchev–Trinajstić information content (AvgIpc) is 3.29. The third-order valence-corrected chi connectivity index (χ3v) is 11.2. The molecule has 0 spiro atoms. The number of rotatable bonds is 47. The molecule has 0 aliphatic carbocycles. The number of ether oxygens (including phenoxy) is 3. The van der Waals surface area contributed by atoms with Gasteiger partial charge in [0.2, 0.25) is 0 Å². The smallest absolute Gasteiger partial charge is 0.309 e. The summed E-state index contributed by atoms with van der Waals surface area (Å²) in [4.78, 5) is 37.9. The standard InChI is InChI=1S/C58H98O6/c1-4-7-10-13-16-19-21-23-25-27-29-31-32-34-36-39-42-45-48-51-57(60)63-54-55(53-62-56(59)50-47-44-41-38-18-15-12-9-6-3)64-58(61)52-49-46-43-40-37-35-33-30-28-26-24-22-20-17-14-11-8-5-2/h7,9-10,12,16,18-19,23,25,29,31,38,44,47,55H,4-6,8,11,13-15,17,20-22,24,26-28,30,32-37,39-43,45-46,48-54H2,1-3H3/b10-7-,12-9-,19-16-,25-23-,31-29-,38-18-,47-44-. The molecular formula is C58H98O6. The van der Waals surface area contributed by atoms with Crippen LogP contribution in [0.25, 0.3) is 0 Å². The van der Waals surface area contributed by atoms with Crippen molar-refractivity contribution in [2.24, 2.45) is 0 Å². The lowest BCUT2D eigenvalue weighted by Gasteiger charge is -2.18. The van der Waals surface area contributed by atoms with E-state index in [0.29, 0.717) is 12.8 Å². The summed E-state index contributed by atoms with van der Waals surface area (Å²) in [6.07, 6.45) is 67.5. The number of allylic oxidation sites excluding steroid dienone is 13. The van der Waals surface area contributed by atoms with Gasteiger partial charge in [-0.25, -0.2) is 0 Å². The molecule has 0 saturated carbocycles. The maximum Gasteiger partial charge on any atom is 0.309 e. The summed E-state index contributed by atoms with van der Waals surface area (Å²) in [5.41, 5.74) is 0. The summed E-state index contributed by atoms with van der Waals surface area (Å²) in [6.45, 7) is 6.31. The van der Waals surface area contributed by atoms with E-state index >= 15 is 0 Å². The maximum absolute atomic E-state index is 12.8. The zero-order valence-electron chi connectivity index (χ0n) is 41.8. The summed E-state index contributed by atoms with van der Waals surface area (Å²) in [6, 6.07) is 0. The molecule has 0 aromatic carbocycles. The van der Waals surface area contributed by atoms with Gasteiger partial charge in [0.1, 0.15) is 13.2 Å². The molecule has 0 fully saturated rings. The quantitative estimate of drug-likeness (QED) is 0.0262. The van der Waals surface area contributed by atoms with E-state index in [2.05, 4.69) is 93.7 Å². The van der Waals surface area contributed by atoms with E-state index in [1.807, 2.05) is 6.08 Å². The van der Waals surface area contributed by atoms with Crippen molar-refractivity contribution in [2.75, 3.05) is 13.2 Å². The maximum atomic E-state index is 12.8. The zero-order valence-corrected chi connectivity index (χ0v) is 41.8. The van der Waals surface area contributed by atoms with Crippen LogP contribution in [0.5, 0.6) is 0 Å². The second-order valence-corrected chi connectivity index (χ2v) is 17.4. The van der Waals surface area contributed by atoms with Crippen LogP contribution in [-0.4, -0.2) is 37.2 Å². The Bertz CT molecular complexity index is 1250. The van der Waals surface area contributed by atoms with Crippen LogP contribution in [0.2, 0.25) is 0 Å². The highest BCUT2D eigenvalue weighted by Crippen LogP contribution is 2.16. The lowest BCUT2D eigenvalue weighted by Crippen LogP contribution is -2.30. The van der Waals surface area contributed by atoms with Crippen molar-refractivity contribution in [3.63, 3.8) is 0 Å². The molecule has 0 aliphatic heterocycles. The van der Waals surface area contributed by atoms with Gasteiger partial charge in [-0.15, -0.1) is 0 Å². The van der Waals surface area contributed by atoms with Crippen LogP contribution < -0.4 is 0 Å². The predicted molar refractivity (Wildman–Crippen MR) is 274 cm³/mol. The molecule has 0 aromatic rings. The number of hydrogen-bond acceptors (Lipinski definition) is 6. The van der Waals surface area contributed by atoms with Gasteiger partial charge < -0.3 is 14.2 Å². The van der Waals surface area contributed by atoms with Gasteiger partial charge in [-0.3, -0.25) is 14.4 Å². The molecule has 0 aliphatic rings. The molecule has 0 saturated heterocycles. The molecule has 366 valence electrons. The molecule has 1 unspecified atom stereocenters. The number of carbonyl (C=O) groups excluding carboxylic acids is 3. The van der Waals surface area contributed by atoms with Gasteiger partial charge in [0.25, 0.3) is 0 Å². The van der Waals surface area contributed by atoms with Crippen LogP contribution in [-0.2, 0) is 28.6 Å². The van der Waals surface area contributed by atoms with E-state index in [0.717, 1.165) is 96.3 Å². The molecule has 0 amide bonds. The van der Waals surface area contributed by atoms with Gasteiger partial charge in [0.05, 0.1) is 6.42 Å². The largest absolute Gasteiger partial charge is 0.462 e. The molecule has 0 radical (unpaired) electrons. The molecule has 0 heterocycles. The van der Waals surface area contributed by atoms with E-state index < -0.39 is 12.1 Å². The minimum Gasteiger partial charge on any atom is -0.462 e. The average molecular weight is 891 g/mol. The molecule has 0 aromatic heterocycles. The number of esters is 3. The van der Waals surface area contributed by atoms with Crippen LogP contribution in [0.15, 0.2) is 85.1 Å². The van der Waals surface area contributed by atoms with Crippen molar-refractivity contribution >= 4 is 17.9 Å². The van der Waals surface area contributed by atoms with E-state index in [1.165, 1.54) is 109 Å². The van der Waals surface area contributed by atoms with Crippen LogP contribution in [0.3, 0.4) is 0 Å². The van der Waals surface area contributed by atoms with Crippen LogP contribution in [0.4, 0.5) is 0 Å². The van der Waals surface area contributed by atoms with E-state index in [4.69, 9.17) is 14.2 Å². The second kappa shape index (κ2) is 52.2. The topological polar surface area (TPSA) is 78.9 Å². The Kier molecular flexibility index (Phi) is 49.4. The lowest BCUT2D eigenvalue weighted by molar-refractivity contribution is -0.166.